The molecule has 10 heteroatoms. The number of carbonyl (C=O) groups is 1. The fourth-order valence-electron chi connectivity index (χ4n) is 5.38. The second kappa shape index (κ2) is 12.5. The number of aromatic nitrogens is 3. The molecule has 6 rings (SSSR count). The van der Waals surface area contributed by atoms with Crippen molar-refractivity contribution in [3.8, 4) is 33.3 Å². The zero-order chi connectivity index (χ0) is 30.0. The Morgan fingerprint density at radius 1 is 0.953 bits per heavy atom. The first-order valence-corrected chi connectivity index (χ1v) is 15.6. The van der Waals surface area contributed by atoms with Crippen molar-refractivity contribution in [1.29, 1.82) is 0 Å². The molecule has 2 saturated heterocycles. The van der Waals surface area contributed by atoms with Gasteiger partial charge < -0.3 is 9.64 Å². The average molecular weight is 604 g/mol. The van der Waals surface area contributed by atoms with Gasteiger partial charge in [0.1, 0.15) is 21.5 Å². The monoisotopic (exact) mass is 603 g/mol. The lowest BCUT2D eigenvalue weighted by molar-refractivity contribution is -0.128. The molecule has 4 heterocycles. The van der Waals surface area contributed by atoms with Crippen LogP contribution in [0.5, 0.6) is 11.5 Å². The average Bonchev–Trinajstić information content (AvgIpc) is 3.66. The highest BCUT2D eigenvalue weighted by atomic mass is 32.1. The molecule has 43 heavy (non-hydrogen) atoms. The minimum absolute atomic E-state index is 0.0966. The number of amides is 1. The predicted octanol–water partition coefficient (Wildman–Crippen LogP) is 7.54. The van der Waals surface area contributed by atoms with E-state index in [1.165, 1.54) is 0 Å². The first-order valence-electron chi connectivity index (χ1n) is 14.8. The van der Waals surface area contributed by atoms with E-state index in [0.29, 0.717) is 50.0 Å². The van der Waals surface area contributed by atoms with Crippen molar-refractivity contribution < 1.29 is 18.3 Å². The number of halogens is 2. The molecule has 7 nitrogen and oxygen atoms in total. The quantitative estimate of drug-likeness (QED) is 0.197. The molecule has 0 radical (unpaired) electrons. The van der Waals surface area contributed by atoms with Gasteiger partial charge in [-0.3, -0.25) is 14.7 Å². The molecule has 4 aromatic rings. The lowest BCUT2D eigenvalue weighted by atomic mass is 10.0. The molecule has 1 amide bonds. The number of ether oxygens (including phenoxy) is 1. The molecule has 0 saturated carbocycles. The van der Waals surface area contributed by atoms with E-state index >= 15 is 0 Å². The molecule has 0 atom stereocenters. The Morgan fingerprint density at radius 2 is 1.72 bits per heavy atom. The summed E-state index contributed by atoms with van der Waals surface area (Å²) in [5, 5.41) is 10.5. The molecule has 0 N–H and O–H groups in total. The number of pyridine rings is 1. The molecular weight excluding hydrogens is 568 g/mol. The molecule has 2 aromatic heterocycles. The van der Waals surface area contributed by atoms with Crippen molar-refractivity contribution in [3.63, 3.8) is 0 Å². The van der Waals surface area contributed by atoms with Gasteiger partial charge >= 0.3 is 0 Å². The van der Waals surface area contributed by atoms with Gasteiger partial charge in [0.15, 0.2) is 0 Å². The third-order valence-electron chi connectivity index (χ3n) is 7.98. The van der Waals surface area contributed by atoms with E-state index in [-0.39, 0.29) is 18.7 Å². The van der Waals surface area contributed by atoms with Crippen LogP contribution in [0.3, 0.4) is 0 Å². The molecule has 2 aliphatic rings. The standard InChI is InChI=1S/C33H35F2N5O2S/c1-22(2)31-37-38-32(43-31)24-8-10-27(11-9-24)42-29-18-25(6-7-26(29)21-40-15-3-4-30(40)41)28-12-5-23(19-36-28)20-39-16-13-33(34,35)14-17-39/h5-12,18-19,22H,3-4,13-17,20-21H2,1-2H3. The lowest BCUT2D eigenvalue weighted by Gasteiger charge is -2.31. The van der Waals surface area contributed by atoms with E-state index in [9.17, 15) is 13.6 Å². The fraction of sp³-hybridized carbons (Fsp3) is 0.394. The Hall–Kier alpha value is -3.76. The molecule has 224 valence electrons. The van der Waals surface area contributed by atoms with Crippen LogP contribution >= 0.6 is 11.3 Å². The SMILES string of the molecule is CC(C)c1nnc(-c2ccc(Oc3cc(-c4ccc(CN5CCC(F)(F)CC5)cn4)ccc3CN3CCCC3=O)cc2)s1. The molecule has 0 bridgehead atoms. The van der Waals surface area contributed by atoms with Crippen molar-refractivity contribution in [2.75, 3.05) is 19.6 Å². The molecule has 0 unspecified atom stereocenters. The summed E-state index contributed by atoms with van der Waals surface area (Å²) in [5.74, 6) is -0.711. The summed E-state index contributed by atoms with van der Waals surface area (Å²) in [4.78, 5) is 21.0. The number of hydrogen-bond acceptors (Lipinski definition) is 7. The van der Waals surface area contributed by atoms with Crippen LogP contribution in [0.15, 0.2) is 60.8 Å². The van der Waals surface area contributed by atoms with E-state index < -0.39 is 5.92 Å². The van der Waals surface area contributed by atoms with Gasteiger partial charge in [-0.15, -0.1) is 10.2 Å². The van der Waals surface area contributed by atoms with Crippen molar-refractivity contribution in [2.24, 2.45) is 0 Å². The van der Waals surface area contributed by atoms with Crippen LogP contribution in [0, 0.1) is 0 Å². The van der Waals surface area contributed by atoms with Gasteiger partial charge in [-0.1, -0.05) is 43.4 Å². The maximum Gasteiger partial charge on any atom is 0.250 e. The van der Waals surface area contributed by atoms with Gasteiger partial charge in [-0.2, -0.15) is 0 Å². The Bertz CT molecular complexity index is 1560. The summed E-state index contributed by atoms with van der Waals surface area (Å²) in [6, 6.07) is 17.7. The topological polar surface area (TPSA) is 71.5 Å². The van der Waals surface area contributed by atoms with Gasteiger partial charge in [0.2, 0.25) is 5.91 Å². The van der Waals surface area contributed by atoms with Crippen LogP contribution in [0.4, 0.5) is 8.78 Å². The highest BCUT2D eigenvalue weighted by Gasteiger charge is 2.33. The first-order chi connectivity index (χ1) is 20.7. The third kappa shape index (κ3) is 7.08. The Labute approximate surface area is 254 Å². The number of alkyl halides is 2. The largest absolute Gasteiger partial charge is 0.457 e. The summed E-state index contributed by atoms with van der Waals surface area (Å²) in [6.45, 7) is 6.81. The van der Waals surface area contributed by atoms with E-state index in [0.717, 1.165) is 50.9 Å². The first kappa shape index (κ1) is 29.3. The number of rotatable bonds is 9. The second-order valence-electron chi connectivity index (χ2n) is 11.7. The summed E-state index contributed by atoms with van der Waals surface area (Å²) in [5.41, 5.74) is 4.58. The lowest BCUT2D eigenvalue weighted by Crippen LogP contribution is -2.38. The molecule has 0 aliphatic carbocycles. The zero-order valence-corrected chi connectivity index (χ0v) is 25.2. The molecule has 2 fully saturated rings. The zero-order valence-electron chi connectivity index (χ0n) is 24.4. The van der Waals surface area contributed by atoms with E-state index in [4.69, 9.17) is 4.74 Å². The summed E-state index contributed by atoms with van der Waals surface area (Å²) in [7, 11) is 0. The number of likely N-dealkylation sites (tertiary alicyclic amines) is 2. The van der Waals surface area contributed by atoms with Crippen LogP contribution < -0.4 is 4.74 Å². The molecule has 2 aliphatic heterocycles. The molecular formula is C33H35F2N5O2S. The van der Waals surface area contributed by atoms with Crippen LogP contribution in [0.1, 0.15) is 61.6 Å². The third-order valence-corrected chi connectivity index (χ3v) is 9.25. The van der Waals surface area contributed by atoms with Crippen LogP contribution in [-0.4, -0.2) is 56.4 Å². The number of hydrogen-bond donors (Lipinski definition) is 0. The van der Waals surface area contributed by atoms with Crippen molar-refractivity contribution in [3.05, 3.63) is 76.9 Å². The van der Waals surface area contributed by atoms with E-state index in [1.807, 2.05) is 70.6 Å². The summed E-state index contributed by atoms with van der Waals surface area (Å²) < 4.78 is 33.5. The molecule has 2 aromatic carbocycles. The van der Waals surface area contributed by atoms with Crippen molar-refractivity contribution in [2.45, 2.75) is 64.5 Å². The van der Waals surface area contributed by atoms with Gasteiger partial charge in [0, 0.05) is 80.8 Å². The van der Waals surface area contributed by atoms with Crippen molar-refractivity contribution >= 4 is 17.2 Å². The number of benzene rings is 2. The van der Waals surface area contributed by atoms with Crippen LogP contribution in [0.25, 0.3) is 21.8 Å². The highest BCUT2D eigenvalue weighted by molar-refractivity contribution is 7.14. The van der Waals surface area contributed by atoms with Crippen LogP contribution in [-0.2, 0) is 17.9 Å². The predicted molar refractivity (Wildman–Crippen MR) is 163 cm³/mol. The van der Waals surface area contributed by atoms with Gasteiger partial charge in [0.25, 0.3) is 5.92 Å². The van der Waals surface area contributed by atoms with Gasteiger partial charge in [-0.05, 0) is 48.4 Å². The highest BCUT2D eigenvalue weighted by Crippen LogP contribution is 2.34. The Morgan fingerprint density at radius 3 is 2.37 bits per heavy atom. The Kier molecular flexibility index (Phi) is 8.50. The normalized spacial score (nSPS) is 17.1. The summed E-state index contributed by atoms with van der Waals surface area (Å²) in [6.07, 6.45) is 3.07. The second-order valence-corrected chi connectivity index (χ2v) is 12.7. The number of nitrogens with zero attached hydrogens (tertiary/aromatic N) is 5. The van der Waals surface area contributed by atoms with Gasteiger partial charge in [0.05, 0.1) is 5.69 Å². The van der Waals surface area contributed by atoms with Crippen molar-refractivity contribution in [1.82, 2.24) is 25.0 Å². The van der Waals surface area contributed by atoms with Gasteiger partial charge in [-0.25, -0.2) is 8.78 Å². The summed E-state index contributed by atoms with van der Waals surface area (Å²) >= 11 is 1.59. The minimum atomic E-state index is -2.55. The van der Waals surface area contributed by atoms with Crippen LogP contribution in [0.2, 0.25) is 0 Å². The minimum Gasteiger partial charge on any atom is -0.457 e. The van der Waals surface area contributed by atoms with E-state index in [2.05, 4.69) is 29.0 Å². The Balaban J connectivity index is 1.21. The van der Waals surface area contributed by atoms with E-state index in [1.54, 1.807) is 11.3 Å². The smallest absolute Gasteiger partial charge is 0.250 e. The maximum absolute atomic E-state index is 13.5. The maximum atomic E-state index is 13.5. The number of carbonyl (C=O) groups excluding carboxylic acids is 1. The number of piperidine rings is 1. The fourth-order valence-corrected chi connectivity index (χ4v) is 6.23. The molecule has 0 spiro atoms.